The van der Waals surface area contributed by atoms with Gasteiger partial charge in [-0.15, -0.1) is 34.2 Å². The Morgan fingerprint density at radius 1 is 1.55 bits per heavy atom. The van der Waals surface area contributed by atoms with Gasteiger partial charge in [-0.3, -0.25) is 4.99 Å². The maximum absolute atomic E-state index is 4.23. The standard InChI is InChI=1S/C12H22N6S.HI/c1-3-18-9-16-17-11(18)8-15-12(13-2)14-7-10-5-4-6-19-10;/h9-10H,3-8H2,1-2H3,(H2,13,14,15);1H. The summed E-state index contributed by atoms with van der Waals surface area (Å²) in [7, 11) is 1.79. The molecule has 1 atom stereocenters. The average Bonchev–Trinajstić information content (AvgIpc) is 3.09. The molecule has 2 heterocycles. The lowest BCUT2D eigenvalue weighted by Gasteiger charge is -2.14. The molecule has 1 fully saturated rings. The number of nitrogens with one attached hydrogen (secondary N) is 2. The van der Waals surface area contributed by atoms with Crippen LogP contribution in [0.3, 0.4) is 0 Å². The van der Waals surface area contributed by atoms with E-state index >= 15 is 0 Å². The molecular weight excluding hydrogens is 387 g/mol. The van der Waals surface area contributed by atoms with Gasteiger partial charge < -0.3 is 15.2 Å². The Labute approximate surface area is 141 Å². The van der Waals surface area contributed by atoms with Crippen LogP contribution >= 0.6 is 35.7 Å². The molecule has 1 aliphatic rings. The summed E-state index contributed by atoms with van der Waals surface area (Å²) < 4.78 is 2.02. The van der Waals surface area contributed by atoms with Gasteiger partial charge in [-0.25, -0.2) is 0 Å². The van der Waals surface area contributed by atoms with Crippen LogP contribution in [0.25, 0.3) is 0 Å². The highest BCUT2D eigenvalue weighted by Crippen LogP contribution is 2.25. The number of rotatable bonds is 5. The van der Waals surface area contributed by atoms with Crippen LogP contribution in [0.15, 0.2) is 11.3 Å². The molecule has 1 unspecified atom stereocenters. The molecule has 1 aromatic rings. The molecule has 0 bridgehead atoms. The first-order chi connectivity index (χ1) is 9.33. The fraction of sp³-hybridized carbons (Fsp3) is 0.750. The van der Waals surface area contributed by atoms with Crippen LogP contribution in [-0.4, -0.2) is 45.3 Å². The molecule has 0 spiro atoms. The maximum Gasteiger partial charge on any atom is 0.191 e. The Kier molecular flexibility index (Phi) is 8.27. The molecular formula is C12H23IN6S. The van der Waals surface area contributed by atoms with Crippen molar-refractivity contribution in [3.05, 3.63) is 12.2 Å². The summed E-state index contributed by atoms with van der Waals surface area (Å²) in [4.78, 5) is 4.23. The van der Waals surface area contributed by atoms with Crippen molar-refractivity contribution in [2.75, 3.05) is 19.3 Å². The topological polar surface area (TPSA) is 67.1 Å². The quantitative estimate of drug-likeness (QED) is 0.437. The highest BCUT2D eigenvalue weighted by Gasteiger charge is 2.15. The lowest BCUT2D eigenvalue weighted by atomic mass is 10.2. The van der Waals surface area contributed by atoms with E-state index in [1.807, 2.05) is 16.3 Å². The minimum atomic E-state index is 0. The molecule has 0 amide bonds. The summed E-state index contributed by atoms with van der Waals surface area (Å²) >= 11 is 2.05. The molecule has 0 aliphatic carbocycles. The van der Waals surface area contributed by atoms with Gasteiger partial charge in [0.15, 0.2) is 11.8 Å². The van der Waals surface area contributed by atoms with Gasteiger partial charge in [-0.2, -0.15) is 11.8 Å². The Hall–Kier alpha value is -0.510. The Morgan fingerprint density at radius 3 is 3.05 bits per heavy atom. The van der Waals surface area contributed by atoms with E-state index in [9.17, 15) is 0 Å². The molecule has 0 aromatic carbocycles. The summed E-state index contributed by atoms with van der Waals surface area (Å²) in [5, 5.41) is 15.4. The van der Waals surface area contributed by atoms with Gasteiger partial charge in [0.05, 0.1) is 6.54 Å². The fourth-order valence-electron chi connectivity index (χ4n) is 2.08. The zero-order valence-corrected chi connectivity index (χ0v) is 15.1. The third kappa shape index (κ3) is 5.12. The first-order valence-electron chi connectivity index (χ1n) is 6.76. The summed E-state index contributed by atoms with van der Waals surface area (Å²) in [5.74, 6) is 3.05. The number of thioether (sulfide) groups is 1. The molecule has 1 aliphatic heterocycles. The van der Waals surface area contributed by atoms with Gasteiger partial charge >= 0.3 is 0 Å². The van der Waals surface area contributed by atoms with E-state index in [-0.39, 0.29) is 24.0 Å². The number of guanidine groups is 1. The molecule has 0 saturated carbocycles. The van der Waals surface area contributed by atoms with Crippen LogP contribution in [0.1, 0.15) is 25.6 Å². The Bertz CT molecular complexity index is 416. The van der Waals surface area contributed by atoms with Gasteiger partial charge in [-0.1, -0.05) is 0 Å². The van der Waals surface area contributed by atoms with E-state index in [4.69, 9.17) is 0 Å². The van der Waals surface area contributed by atoms with Crippen molar-refractivity contribution in [3.8, 4) is 0 Å². The van der Waals surface area contributed by atoms with Crippen molar-refractivity contribution < 1.29 is 0 Å². The number of halogens is 1. The molecule has 20 heavy (non-hydrogen) atoms. The van der Waals surface area contributed by atoms with E-state index in [1.165, 1.54) is 18.6 Å². The molecule has 114 valence electrons. The Morgan fingerprint density at radius 2 is 2.40 bits per heavy atom. The summed E-state index contributed by atoms with van der Waals surface area (Å²) in [6.07, 6.45) is 4.39. The van der Waals surface area contributed by atoms with Gasteiger partial charge in [0.2, 0.25) is 0 Å². The molecule has 2 rings (SSSR count). The number of aliphatic imine (C=N–C) groups is 1. The van der Waals surface area contributed by atoms with E-state index in [2.05, 4.69) is 32.7 Å². The van der Waals surface area contributed by atoms with E-state index in [0.717, 1.165) is 30.1 Å². The van der Waals surface area contributed by atoms with E-state index in [0.29, 0.717) is 6.54 Å². The summed E-state index contributed by atoms with van der Waals surface area (Å²) in [6, 6.07) is 0. The SMILES string of the molecule is CCn1cnnc1CNC(=NC)NCC1CCCS1.I. The smallest absolute Gasteiger partial charge is 0.191 e. The third-order valence-corrected chi connectivity index (χ3v) is 4.59. The van der Waals surface area contributed by atoms with Crippen LogP contribution in [0.5, 0.6) is 0 Å². The van der Waals surface area contributed by atoms with Crippen LogP contribution in [-0.2, 0) is 13.1 Å². The Balaban J connectivity index is 0.00000200. The molecule has 8 heteroatoms. The maximum atomic E-state index is 4.23. The van der Waals surface area contributed by atoms with Crippen molar-refractivity contribution in [2.24, 2.45) is 4.99 Å². The minimum Gasteiger partial charge on any atom is -0.355 e. The van der Waals surface area contributed by atoms with Crippen molar-refractivity contribution in [2.45, 2.75) is 38.1 Å². The lowest BCUT2D eigenvalue weighted by Crippen LogP contribution is -2.40. The highest BCUT2D eigenvalue weighted by molar-refractivity contribution is 14.0. The van der Waals surface area contributed by atoms with Gasteiger partial charge in [0.1, 0.15) is 6.33 Å². The summed E-state index contributed by atoms with van der Waals surface area (Å²) in [6.45, 7) is 4.59. The fourth-order valence-corrected chi connectivity index (χ4v) is 3.28. The predicted octanol–water partition coefficient (Wildman–Crippen LogP) is 1.48. The second kappa shape index (κ2) is 9.43. The van der Waals surface area contributed by atoms with E-state index in [1.54, 1.807) is 13.4 Å². The number of aryl methyl sites for hydroxylation is 1. The third-order valence-electron chi connectivity index (χ3n) is 3.20. The number of aromatic nitrogens is 3. The van der Waals surface area contributed by atoms with Gasteiger partial charge in [0.25, 0.3) is 0 Å². The van der Waals surface area contributed by atoms with Crippen molar-refractivity contribution in [3.63, 3.8) is 0 Å². The normalized spacial score (nSPS) is 18.7. The highest BCUT2D eigenvalue weighted by atomic mass is 127. The van der Waals surface area contributed by atoms with Crippen molar-refractivity contribution >= 4 is 41.7 Å². The lowest BCUT2D eigenvalue weighted by molar-refractivity contribution is 0.665. The zero-order valence-electron chi connectivity index (χ0n) is 12.0. The number of nitrogens with zero attached hydrogens (tertiary/aromatic N) is 4. The number of hydrogen-bond donors (Lipinski definition) is 2. The second-order valence-electron chi connectivity index (χ2n) is 4.47. The van der Waals surface area contributed by atoms with Crippen LogP contribution < -0.4 is 10.6 Å². The largest absolute Gasteiger partial charge is 0.355 e. The number of hydrogen-bond acceptors (Lipinski definition) is 4. The van der Waals surface area contributed by atoms with Crippen LogP contribution in [0.4, 0.5) is 0 Å². The van der Waals surface area contributed by atoms with Crippen molar-refractivity contribution in [1.82, 2.24) is 25.4 Å². The molecule has 1 aromatic heterocycles. The molecule has 1 saturated heterocycles. The predicted molar refractivity (Wildman–Crippen MR) is 94.8 cm³/mol. The first-order valence-corrected chi connectivity index (χ1v) is 7.81. The van der Waals surface area contributed by atoms with Gasteiger partial charge in [0, 0.05) is 25.4 Å². The minimum absolute atomic E-state index is 0. The summed E-state index contributed by atoms with van der Waals surface area (Å²) in [5.41, 5.74) is 0. The van der Waals surface area contributed by atoms with Crippen molar-refractivity contribution in [1.29, 1.82) is 0 Å². The van der Waals surface area contributed by atoms with E-state index < -0.39 is 0 Å². The molecule has 0 radical (unpaired) electrons. The average molecular weight is 410 g/mol. The molecule has 2 N–H and O–H groups in total. The van der Waals surface area contributed by atoms with Gasteiger partial charge in [-0.05, 0) is 25.5 Å². The first kappa shape index (κ1) is 17.5. The van der Waals surface area contributed by atoms with Crippen LogP contribution in [0, 0.1) is 0 Å². The monoisotopic (exact) mass is 410 g/mol. The second-order valence-corrected chi connectivity index (χ2v) is 5.88. The van der Waals surface area contributed by atoms with Crippen LogP contribution in [0.2, 0.25) is 0 Å². The molecule has 6 nitrogen and oxygen atoms in total. The zero-order chi connectivity index (χ0) is 13.5.